The van der Waals surface area contributed by atoms with Crippen LogP contribution in [-0.2, 0) is 9.53 Å². The van der Waals surface area contributed by atoms with E-state index in [1.54, 1.807) is 6.08 Å². The first kappa shape index (κ1) is 7.95. The molecule has 0 rings (SSSR count). The second-order valence-corrected chi connectivity index (χ2v) is 1.63. The first-order valence-corrected chi connectivity index (χ1v) is 2.64. The van der Waals surface area contributed by atoms with Gasteiger partial charge in [0.25, 0.3) is 0 Å². The third-order valence-corrected chi connectivity index (χ3v) is 0.660. The van der Waals surface area contributed by atoms with Crippen LogP contribution in [0.1, 0.15) is 13.3 Å². The lowest BCUT2D eigenvalue weighted by Crippen LogP contribution is -1.96. The molecule has 0 radical (unpaired) electrons. The van der Waals surface area contributed by atoms with Crippen molar-refractivity contribution in [2.45, 2.75) is 13.3 Å². The Hall–Kier alpha value is -1.05. The Morgan fingerprint density at radius 1 is 1.78 bits per heavy atom. The summed E-state index contributed by atoms with van der Waals surface area (Å²) in [6.45, 7) is 8.27. The minimum atomic E-state index is -0.332. The normalized spacial score (nSPS) is 8.11. The van der Waals surface area contributed by atoms with Gasteiger partial charge in [0, 0.05) is 13.3 Å². The molecule has 0 aliphatic carbocycles. The van der Waals surface area contributed by atoms with Crippen LogP contribution in [-0.4, -0.2) is 5.97 Å². The van der Waals surface area contributed by atoms with Crippen LogP contribution in [0.15, 0.2) is 25.0 Å². The molecule has 0 atom stereocenters. The molecule has 0 aromatic rings. The Morgan fingerprint density at radius 2 is 2.33 bits per heavy atom. The highest BCUT2D eigenvalue weighted by atomic mass is 16.5. The Morgan fingerprint density at radius 3 is 2.67 bits per heavy atom. The fourth-order valence-electron chi connectivity index (χ4n) is 0.406. The van der Waals surface area contributed by atoms with Crippen LogP contribution in [0.4, 0.5) is 0 Å². The van der Waals surface area contributed by atoms with Gasteiger partial charge in [-0.15, -0.1) is 6.58 Å². The van der Waals surface area contributed by atoms with Crippen molar-refractivity contribution in [2.75, 3.05) is 0 Å². The molecule has 0 unspecified atom stereocenters. The summed E-state index contributed by atoms with van der Waals surface area (Å²) in [7, 11) is 0. The van der Waals surface area contributed by atoms with Gasteiger partial charge in [-0.1, -0.05) is 12.7 Å². The van der Waals surface area contributed by atoms with Gasteiger partial charge in [-0.05, 0) is 0 Å². The van der Waals surface area contributed by atoms with Crippen LogP contribution >= 0.6 is 0 Å². The van der Waals surface area contributed by atoms with Gasteiger partial charge in [-0.2, -0.15) is 0 Å². The standard InChI is InChI=1S/C7H10O2/c1-4-5-6(2)9-7(3)8/h4H,1-2,5H2,3H3. The average molecular weight is 126 g/mol. The van der Waals surface area contributed by atoms with Gasteiger partial charge < -0.3 is 4.74 Å². The van der Waals surface area contributed by atoms with Gasteiger partial charge in [-0.25, -0.2) is 0 Å². The molecule has 2 nitrogen and oxygen atoms in total. The van der Waals surface area contributed by atoms with E-state index in [1.807, 2.05) is 0 Å². The molecule has 0 bridgehead atoms. The van der Waals surface area contributed by atoms with E-state index in [9.17, 15) is 4.79 Å². The largest absolute Gasteiger partial charge is 0.432 e. The predicted octanol–water partition coefficient (Wildman–Crippen LogP) is 1.64. The SMILES string of the molecule is C=CCC(=C)OC(C)=O. The molecule has 2 heteroatoms. The predicted molar refractivity (Wildman–Crippen MR) is 35.7 cm³/mol. The third kappa shape index (κ3) is 4.81. The van der Waals surface area contributed by atoms with Crippen molar-refractivity contribution >= 4 is 5.97 Å². The maximum absolute atomic E-state index is 10.2. The minimum Gasteiger partial charge on any atom is -0.432 e. The van der Waals surface area contributed by atoms with Gasteiger partial charge in [0.05, 0.1) is 0 Å². The van der Waals surface area contributed by atoms with Crippen LogP contribution in [0.3, 0.4) is 0 Å². The Kier molecular flexibility index (Phi) is 3.44. The zero-order chi connectivity index (χ0) is 7.28. The lowest BCUT2D eigenvalue weighted by molar-refractivity contribution is -0.136. The van der Waals surface area contributed by atoms with Crippen LogP contribution < -0.4 is 0 Å². The van der Waals surface area contributed by atoms with E-state index in [0.717, 1.165) is 0 Å². The zero-order valence-corrected chi connectivity index (χ0v) is 5.52. The monoisotopic (exact) mass is 126 g/mol. The van der Waals surface area contributed by atoms with Crippen molar-refractivity contribution in [3.8, 4) is 0 Å². The fraction of sp³-hybridized carbons (Fsp3) is 0.286. The molecule has 0 fully saturated rings. The van der Waals surface area contributed by atoms with Crippen molar-refractivity contribution in [1.82, 2.24) is 0 Å². The van der Waals surface area contributed by atoms with E-state index in [2.05, 4.69) is 17.9 Å². The lowest BCUT2D eigenvalue weighted by atomic mass is 10.4. The highest BCUT2D eigenvalue weighted by Crippen LogP contribution is 1.99. The molecule has 0 spiro atoms. The zero-order valence-electron chi connectivity index (χ0n) is 5.52. The van der Waals surface area contributed by atoms with Crippen molar-refractivity contribution in [3.05, 3.63) is 25.0 Å². The van der Waals surface area contributed by atoms with Crippen LogP contribution in [0.5, 0.6) is 0 Å². The summed E-state index contributed by atoms with van der Waals surface area (Å²) in [6, 6.07) is 0. The van der Waals surface area contributed by atoms with E-state index in [0.29, 0.717) is 12.2 Å². The van der Waals surface area contributed by atoms with Gasteiger partial charge in [0.2, 0.25) is 0 Å². The Labute approximate surface area is 54.8 Å². The minimum absolute atomic E-state index is 0.332. The van der Waals surface area contributed by atoms with E-state index >= 15 is 0 Å². The second-order valence-electron chi connectivity index (χ2n) is 1.63. The number of carbonyl (C=O) groups is 1. The quantitative estimate of drug-likeness (QED) is 0.326. The molecule has 0 heterocycles. The van der Waals surface area contributed by atoms with Crippen molar-refractivity contribution < 1.29 is 9.53 Å². The lowest BCUT2D eigenvalue weighted by Gasteiger charge is -1.99. The van der Waals surface area contributed by atoms with Gasteiger partial charge in [0.1, 0.15) is 5.76 Å². The number of allylic oxidation sites excluding steroid dienone is 1. The van der Waals surface area contributed by atoms with E-state index < -0.39 is 0 Å². The summed E-state index contributed by atoms with van der Waals surface area (Å²) in [5.41, 5.74) is 0. The molecule has 0 saturated carbocycles. The molecular weight excluding hydrogens is 116 g/mol. The van der Waals surface area contributed by atoms with Crippen LogP contribution in [0.2, 0.25) is 0 Å². The number of ether oxygens (including phenoxy) is 1. The second kappa shape index (κ2) is 3.89. The highest BCUT2D eigenvalue weighted by molar-refractivity contribution is 5.67. The summed E-state index contributed by atoms with van der Waals surface area (Å²) in [6.07, 6.45) is 2.16. The molecule has 0 N–H and O–H groups in total. The van der Waals surface area contributed by atoms with Crippen molar-refractivity contribution in [1.29, 1.82) is 0 Å². The molecule has 0 aliphatic rings. The fourth-order valence-corrected chi connectivity index (χ4v) is 0.406. The van der Waals surface area contributed by atoms with Crippen molar-refractivity contribution in [3.63, 3.8) is 0 Å². The molecule has 0 amide bonds. The summed E-state index contributed by atoms with van der Waals surface area (Å²) < 4.78 is 4.59. The first-order chi connectivity index (χ1) is 4.16. The maximum Gasteiger partial charge on any atom is 0.307 e. The molecule has 0 aromatic heterocycles. The van der Waals surface area contributed by atoms with E-state index in [1.165, 1.54) is 6.92 Å². The van der Waals surface area contributed by atoms with E-state index in [4.69, 9.17) is 0 Å². The molecule has 50 valence electrons. The third-order valence-electron chi connectivity index (χ3n) is 0.660. The molecular formula is C7H10O2. The summed E-state index contributed by atoms with van der Waals surface area (Å²) in [4.78, 5) is 10.2. The Bertz CT molecular complexity index is 136. The van der Waals surface area contributed by atoms with Gasteiger partial charge in [-0.3, -0.25) is 4.79 Å². The summed E-state index contributed by atoms with van der Waals surface area (Å²) >= 11 is 0. The van der Waals surface area contributed by atoms with E-state index in [-0.39, 0.29) is 5.97 Å². The molecule has 0 aromatic carbocycles. The summed E-state index contributed by atoms with van der Waals surface area (Å²) in [5.74, 6) is 0.111. The summed E-state index contributed by atoms with van der Waals surface area (Å²) in [5, 5.41) is 0. The number of carbonyl (C=O) groups excluding carboxylic acids is 1. The van der Waals surface area contributed by atoms with Gasteiger partial charge in [0.15, 0.2) is 0 Å². The molecule has 0 saturated heterocycles. The maximum atomic E-state index is 10.2. The number of esters is 1. The highest BCUT2D eigenvalue weighted by Gasteiger charge is 1.93. The topological polar surface area (TPSA) is 26.3 Å². The van der Waals surface area contributed by atoms with Crippen LogP contribution in [0.25, 0.3) is 0 Å². The smallest absolute Gasteiger partial charge is 0.307 e. The molecule has 0 aliphatic heterocycles. The van der Waals surface area contributed by atoms with Crippen LogP contribution in [0, 0.1) is 0 Å². The Balaban J connectivity index is 3.50. The number of rotatable bonds is 3. The number of hydrogen-bond acceptors (Lipinski definition) is 2. The average Bonchev–Trinajstić information content (AvgIpc) is 1.63. The first-order valence-electron chi connectivity index (χ1n) is 2.64. The number of hydrogen-bond donors (Lipinski definition) is 0. The molecule has 9 heavy (non-hydrogen) atoms. The van der Waals surface area contributed by atoms with Crippen molar-refractivity contribution in [2.24, 2.45) is 0 Å². The van der Waals surface area contributed by atoms with Gasteiger partial charge >= 0.3 is 5.97 Å².